The molecule has 1 nitrogen and oxygen atoms in total. The van der Waals surface area contributed by atoms with Gasteiger partial charge >= 0.3 is 0 Å². The molecule has 166 valence electrons. The van der Waals surface area contributed by atoms with Crippen molar-refractivity contribution in [2.24, 2.45) is 5.73 Å². The lowest BCUT2D eigenvalue weighted by Gasteiger charge is -2.07. The van der Waals surface area contributed by atoms with Gasteiger partial charge in [-0.05, 0) is 64.3 Å². The van der Waals surface area contributed by atoms with E-state index in [0.29, 0.717) is 0 Å². The molecule has 0 aliphatic carbocycles. The molecule has 0 amide bonds. The minimum absolute atomic E-state index is 0.852. The van der Waals surface area contributed by atoms with Crippen molar-refractivity contribution >= 4 is 0 Å². The average Bonchev–Trinajstić information content (AvgIpc) is 2.69. The van der Waals surface area contributed by atoms with Crippen molar-refractivity contribution in [1.82, 2.24) is 0 Å². The minimum Gasteiger partial charge on any atom is -0.330 e. The van der Waals surface area contributed by atoms with E-state index in [1.165, 1.54) is 146 Å². The fraction of sp³-hybridized carbons (Fsp3) is 0.852. The molecular formula is C27H53N. The zero-order chi connectivity index (χ0) is 20.7. The molecule has 0 fully saturated rings. The number of hydrogen-bond donors (Lipinski definition) is 1. The van der Waals surface area contributed by atoms with Crippen molar-refractivity contribution in [3.63, 3.8) is 0 Å². The van der Waals surface area contributed by atoms with Crippen molar-refractivity contribution in [2.75, 3.05) is 6.54 Å². The van der Waals surface area contributed by atoms with E-state index in [1.54, 1.807) is 0 Å². The molecule has 0 aromatic heterocycles. The van der Waals surface area contributed by atoms with Crippen molar-refractivity contribution < 1.29 is 0 Å². The molecule has 1 heteroatoms. The molecule has 0 aromatic carbocycles. The average molecular weight is 392 g/mol. The van der Waals surface area contributed by atoms with E-state index < -0.39 is 0 Å². The summed E-state index contributed by atoms with van der Waals surface area (Å²) in [4.78, 5) is 0. The first-order valence-electron chi connectivity index (χ1n) is 12.7. The zero-order valence-corrected chi connectivity index (χ0v) is 19.5. The summed E-state index contributed by atoms with van der Waals surface area (Å²) in [6.45, 7) is 11.7. The monoisotopic (exact) mass is 391 g/mol. The van der Waals surface area contributed by atoms with Crippen LogP contribution < -0.4 is 5.73 Å². The summed E-state index contributed by atoms with van der Waals surface area (Å²) in [5.41, 5.74) is 8.50. The van der Waals surface area contributed by atoms with Crippen LogP contribution in [-0.2, 0) is 0 Å². The van der Waals surface area contributed by atoms with Crippen LogP contribution in [0.5, 0.6) is 0 Å². The lowest BCUT2D eigenvalue weighted by molar-refractivity contribution is 0.571. The number of hydrogen-bond acceptors (Lipinski definition) is 1. The topological polar surface area (TPSA) is 26.0 Å². The molecule has 0 saturated carbocycles. The normalized spacial score (nSPS) is 11.1. The van der Waals surface area contributed by atoms with E-state index in [4.69, 9.17) is 5.73 Å². The Hall–Kier alpha value is -0.560. The molecule has 0 aliphatic rings. The Morgan fingerprint density at radius 1 is 0.464 bits per heavy atom. The Balaban J connectivity index is 3.25. The summed E-state index contributed by atoms with van der Waals surface area (Å²) in [5, 5.41) is 0. The summed E-state index contributed by atoms with van der Waals surface area (Å²) in [7, 11) is 0. The van der Waals surface area contributed by atoms with Gasteiger partial charge in [0.1, 0.15) is 0 Å². The quantitative estimate of drug-likeness (QED) is 0.136. The molecule has 0 spiro atoms. The first-order valence-corrected chi connectivity index (χ1v) is 12.7. The second kappa shape index (κ2) is 22.7. The van der Waals surface area contributed by atoms with E-state index in [1.807, 2.05) is 0 Å². The van der Waals surface area contributed by atoms with E-state index in [0.717, 1.165) is 6.54 Å². The third-order valence-electron chi connectivity index (χ3n) is 5.93. The highest BCUT2D eigenvalue weighted by molar-refractivity contribution is 4.94. The van der Waals surface area contributed by atoms with Crippen molar-refractivity contribution in [3.05, 3.63) is 24.3 Å². The third kappa shape index (κ3) is 21.7. The fourth-order valence-corrected chi connectivity index (χ4v) is 3.91. The van der Waals surface area contributed by atoms with Crippen LogP contribution in [0.2, 0.25) is 0 Å². The van der Waals surface area contributed by atoms with Crippen LogP contribution >= 0.6 is 0 Å². The summed E-state index contributed by atoms with van der Waals surface area (Å²) < 4.78 is 0. The lowest BCUT2D eigenvalue weighted by Crippen LogP contribution is -1.97. The molecule has 0 rings (SSSR count). The van der Waals surface area contributed by atoms with E-state index in [-0.39, 0.29) is 0 Å². The van der Waals surface area contributed by atoms with Gasteiger partial charge in [0.15, 0.2) is 0 Å². The summed E-state index contributed by atoms with van der Waals surface area (Å²) >= 11 is 0. The van der Waals surface area contributed by atoms with Crippen molar-refractivity contribution in [3.8, 4) is 0 Å². The number of nitrogens with two attached hydrogens (primary N) is 1. The SMILES string of the molecule is C=C(CCCCCCC)CCCCCCCCC(=C)CCCCCCCCN. The van der Waals surface area contributed by atoms with Gasteiger partial charge in [-0.1, -0.05) is 108 Å². The van der Waals surface area contributed by atoms with Crippen LogP contribution in [0.4, 0.5) is 0 Å². The number of unbranched alkanes of at least 4 members (excludes halogenated alkanes) is 14. The van der Waals surface area contributed by atoms with Crippen molar-refractivity contribution in [1.29, 1.82) is 0 Å². The second-order valence-corrected chi connectivity index (χ2v) is 8.95. The minimum atomic E-state index is 0.852. The molecule has 0 aromatic rings. The highest BCUT2D eigenvalue weighted by atomic mass is 14.5. The smallest absolute Gasteiger partial charge is 0.00773 e. The van der Waals surface area contributed by atoms with Crippen molar-refractivity contribution in [2.45, 2.75) is 142 Å². The Labute approximate surface area is 178 Å². The van der Waals surface area contributed by atoms with Crippen LogP contribution in [-0.4, -0.2) is 6.54 Å². The van der Waals surface area contributed by atoms with Gasteiger partial charge in [0.25, 0.3) is 0 Å². The molecule has 0 heterocycles. The molecule has 2 N–H and O–H groups in total. The zero-order valence-electron chi connectivity index (χ0n) is 19.5. The Kier molecular flexibility index (Phi) is 22.3. The fourth-order valence-electron chi connectivity index (χ4n) is 3.91. The molecule has 0 saturated heterocycles. The van der Waals surface area contributed by atoms with Crippen LogP contribution in [0.15, 0.2) is 24.3 Å². The molecular weight excluding hydrogens is 338 g/mol. The van der Waals surface area contributed by atoms with Gasteiger partial charge in [-0.15, -0.1) is 0 Å². The van der Waals surface area contributed by atoms with E-state index in [9.17, 15) is 0 Å². The van der Waals surface area contributed by atoms with Gasteiger partial charge < -0.3 is 5.73 Å². The van der Waals surface area contributed by atoms with Crippen LogP contribution in [0, 0.1) is 0 Å². The largest absolute Gasteiger partial charge is 0.330 e. The first-order chi connectivity index (χ1) is 13.7. The third-order valence-corrected chi connectivity index (χ3v) is 5.93. The number of rotatable bonds is 23. The molecule has 28 heavy (non-hydrogen) atoms. The Morgan fingerprint density at radius 3 is 1.07 bits per heavy atom. The maximum Gasteiger partial charge on any atom is -0.00773 e. The van der Waals surface area contributed by atoms with Crippen LogP contribution in [0.3, 0.4) is 0 Å². The van der Waals surface area contributed by atoms with Gasteiger partial charge in [0.05, 0.1) is 0 Å². The summed E-state index contributed by atoms with van der Waals surface area (Å²) in [6.07, 6.45) is 28.1. The van der Waals surface area contributed by atoms with Gasteiger partial charge in [-0.25, -0.2) is 0 Å². The summed E-state index contributed by atoms with van der Waals surface area (Å²) in [6, 6.07) is 0. The molecule has 0 unspecified atom stereocenters. The molecule has 0 radical (unpaired) electrons. The Morgan fingerprint density at radius 2 is 0.750 bits per heavy atom. The predicted molar refractivity (Wildman–Crippen MR) is 130 cm³/mol. The van der Waals surface area contributed by atoms with Gasteiger partial charge in [-0.3, -0.25) is 0 Å². The van der Waals surface area contributed by atoms with Gasteiger partial charge in [0.2, 0.25) is 0 Å². The highest BCUT2D eigenvalue weighted by Gasteiger charge is 1.99. The van der Waals surface area contributed by atoms with E-state index in [2.05, 4.69) is 20.1 Å². The molecule has 0 aliphatic heterocycles. The van der Waals surface area contributed by atoms with Gasteiger partial charge in [0, 0.05) is 0 Å². The van der Waals surface area contributed by atoms with E-state index >= 15 is 0 Å². The Bertz CT molecular complexity index is 344. The molecule has 0 bridgehead atoms. The highest BCUT2D eigenvalue weighted by Crippen LogP contribution is 2.18. The maximum atomic E-state index is 5.53. The molecule has 0 atom stereocenters. The second-order valence-electron chi connectivity index (χ2n) is 8.95. The summed E-state index contributed by atoms with van der Waals surface area (Å²) in [5.74, 6) is 0. The lowest BCUT2D eigenvalue weighted by atomic mass is 9.99. The standard InChI is InChI=1S/C27H53N/c1-4-5-6-11-16-21-26(2)22-17-12-7-8-13-18-23-27(3)24-19-14-9-10-15-20-25-28/h2-25,28H2,1H3. The van der Waals surface area contributed by atoms with Crippen LogP contribution in [0.1, 0.15) is 142 Å². The first kappa shape index (κ1) is 27.4. The van der Waals surface area contributed by atoms with Crippen LogP contribution in [0.25, 0.3) is 0 Å². The predicted octanol–water partition coefficient (Wildman–Crippen LogP) is 9.27. The maximum absolute atomic E-state index is 5.53. The van der Waals surface area contributed by atoms with Gasteiger partial charge in [-0.2, -0.15) is 0 Å². The number of allylic oxidation sites excluding steroid dienone is 2.